The maximum absolute atomic E-state index is 5.64. The Morgan fingerprint density at radius 2 is 2.07 bits per heavy atom. The van der Waals surface area contributed by atoms with Gasteiger partial charge in [-0.3, -0.25) is 0 Å². The smallest absolute Gasteiger partial charge is 0.104 e. The van der Waals surface area contributed by atoms with Crippen LogP contribution in [0.5, 0.6) is 0 Å². The summed E-state index contributed by atoms with van der Waals surface area (Å²) in [7, 11) is 1.88. The van der Waals surface area contributed by atoms with Gasteiger partial charge in [0.15, 0.2) is 0 Å². The number of aromatic nitrogens is 3. The van der Waals surface area contributed by atoms with Gasteiger partial charge in [-0.1, -0.05) is 29.5 Å². The predicted octanol–water partition coefficient (Wildman–Crippen LogP) is 1.25. The molecule has 1 aromatic carbocycles. The van der Waals surface area contributed by atoms with Crippen molar-refractivity contribution in [2.75, 3.05) is 0 Å². The Bertz CT molecular complexity index is 473. The molecule has 4 heteroatoms. The van der Waals surface area contributed by atoms with E-state index >= 15 is 0 Å². The molecular weight excluding hydrogens is 188 g/mol. The number of benzene rings is 1. The third-order valence-corrected chi connectivity index (χ3v) is 2.49. The van der Waals surface area contributed by atoms with Crippen molar-refractivity contribution in [2.45, 2.75) is 13.5 Å². The Morgan fingerprint density at radius 3 is 2.73 bits per heavy atom. The van der Waals surface area contributed by atoms with E-state index in [4.69, 9.17) is 5.73 Å². The lowest BCUT2D eigenvalue weighted by molar-refractivity contribution is 0.718. The van der Waals surface area contributed by atoms with Gasteiger partial charge >= 0.3 is 0 Å². The lowest BCUT2D eigenvalue weighted by Gasteiger charge is -2.06. The normalized spacial score (nSPS) is 10.6. The molecule has 4 nitrogen and oxygen atoms in total. The molecule has 15 heavy (non-hydrogen) atoms. The van der Waals surface area contributed by atoms with Crippen molar-refractivity contribution in [3.05, 3.63) is 35.5 Å². The van der Waals surface area contributed by atoms with Crippen molar-refractivity contribution >= 4 is 0 Å². The molecule has 0 spiro atoms. The van der Waals surface area contributed by atoms with E-state index in [1.165, 1.54) is 5.56 Å². The Balaban J connectivity index is 2.63. The highest BCUT2D eigenvalue weighted by Gasteiger charge is 2.12. The standard InChI is InChI=1S/C11H14N4/c1-8-5-3-4-6-9(8)11-10(7-12)13-14-15(11)2/h3-6H,7,12H2,1-2H3. The van der Waals surface area contributed by atoms with Crippen LogP contribution in [0.3, 0.4) is 0 Å². The predicted molar refractivity (Wildman–Crippen MR) is 59.1 cm³/mol. The molecule has 0 unspecified atom stereocenters. The summed E-state index contributed by atoms with van der Waals surface area (Å²) in [5.74, 6) is 0. The monoisotopic (exact) mass is 202 g/mol. The fraction of sp³-hybridized carbons (Fsp3) is 0.273. The average molecular weight is 202 g/mol. The van der Waals surface area contributed by atoms with Crippen molar-refractivity contribution in [3.63, 3.8) is 0 Å². The summed E-state index contributed by atoms with van der Waals surface area (Å²) >= 11 is 0. The van der Waals surface area contributed by atoms with Crippen molar-refractivity contribution in [1.82, 2.24) is 15.0 Å². The Morgan fingerprint density at radius 1 is 1.33 bits per heavy atom. The van der Waals surface area contributed by atoms with Crippen LogP contribution in [0, 0.1) is 6.92 Å². The zero-order valence-corrected chi connectivity index (χ0v) is 8.94. The molecule has 0 aliphatic heterocycles. The first-order chi connectivity index (χ1) is 7.24. The molecule has 2 N–H and O–H groups in total. The fourth-order valence-corrected chi connectivity index (χ4v) is 1.71. The molecule has 0 saturated carbocycles. The van der Waals surface area contributed by atoms with Crippen LogP contribution in [0.15, 0.2) is 24.3 Å². The van der Waals surface area contributed by atoms with E-state index in [2.05, 4.69) is 29.4 Å². The largest absolute Gasteiger partial charge is 0.325 e. The Hall–Kier alpha value is -1.68. The van der Waals surface area contributed by atoms with Crippen LogP contribution in [0.1, 0.15) is 11.3 Å². The highest BCUT2D eigenvalue weighted by Crippen LogP contribution is 2.24. The van der Waals surface area contributed by atoms with Gasteiger partial charge in [-0.15, -0.1) is 5.10 Å². The molecule has 2 aromatic rings. The van der Waals surface area contributed by atoms with Crippen molar-refractivity contribution < 1.29 is 0 Å². The topological polar surface area (TPSA) is 56.7 Å². The van der Waals surface area contributed by atoms with Crippen molar-refractivity contribution in [1.29, 1.82) is 0 Å². The molecule has 1 aromatic heterocycles. The summed E-state index contributed by atoms with van der Waals surface area (Å²) in [5, 5.41) is 8.03. The minimum Gasteiger partial charge on any atom is -0.325 e. The van der Waals surface area contributed by atoms with E-state index in [1.807, 2.05) is 19.2 Å². The first kappa shape index (κ1) is 9.86. The second-order valence-electron chi connectivity index (χ2n) is 3.53. The van der Waals surface area contributed by atoms with Gasteiger partial charge in [0.05, 0.1) is 5.69 Å². The zero-order chi connectivity index (χ0) is 10.8. The van der Waals surface area contributed by atoms with Gasteiger partial charge in [0.1, 0.15) is 5.69 Å². The molecule has 1 heterocycles. The van der Waals surface area contributed by atoms with E-state index in [-0.39, 0.29) is 0 Å². The van der Waals surface area contributed by atoms with E-state index in [9.17, 15) is 0 Å². The first-order valence-electron chi connectivity index (χ1n) is 4.88. The second kappa shape index (κ2) is 3.82. The summed E-state index contributed by atoms with van der Waals surface area (Å²) in [6.45, 7) is 2.49. The third kappa shape index (κ3) is 1.64. The maximum Gasteiger partial charge on any atom is 0.104 e. The molecule has 0 atom stereocenters. The van der Waals surface area contributed by atoms with Gasteiger partial charge < -0.3 is 5.73 Å². The van der Waals surface area contributed by atoms with E-state index in [0.29, 0.717) is 6.54 Å². The zero-order valence-electron chi connectivity index (χ0n) is 8.94. The van der Waals surface area contributed by atoms with E-state index < -0.39 is 0 Å². The molecular formula is C11H14N4. The molecule has 0 fully saturated rings. The molecule has 0 radical (unpaired) electrons. The lowest BCUT2D eigenvalue weighted by atomic mass is 10.0. The number of nitrogens with two attached hydrogens (primary N) is 1. The molecule has 0 aliphatic carbocycles. The van der Waals surface area contributed by atoms with Gasteiger partial charge in [0, 0.05) is 19.2 Å². The molecule has 0 bridgehead atoms. The molecule has 0 aliphatic rings. The molecule has 78 valence electrons. The SMILES string of the molecule is Cc1ccccc1-c1c(CN)nnn1C. The van der Waals surface area contributed by atoms with Gasteiger partial charge in [0.2, 0.25) is 0 Å². The summed E-state index contributed by atoms with van der Waals surface area (Å²) in [6.07, 6.45) is 0. The van der Waals surface area contributed by atoms with Gasteiger partial charge in [-0.05, 0) is 12.5 Å². The average Bonchev–Trinajstić information content (AvgIpc) is 2.60. The van der Waals surface area contributed by atoms with Crippen LogP contribution in [-0.2, 0) is 13.6 Å². The molecule has 2 rings (SSSR count). The summed E-state index contributed by atoms with van der Waals surface area (Å²) < 4.78 is 1.77. The summed E-state index contributed by atoms with van der Waals surface area (Å²) in [4.78, 5) is 0. The molecule has 0 amide bonds. The fourth-order valence-electron chi connectivity index (χ4n) is 1.71. The van der Waals surface area contributed by atoms with Crippen molar-refractivity contribution in [2.24, 2.45) is 12.8 Å². The minimum absolute atomic E-state index is 0.414. The number of rotatable bonds is 2. The van der Waals surface area contributed by atoms with Gasteiger partial charge in [-0.2, -0.15) is 0 Å². The quantitative estimate of drug-likeness (QED) is 0.797. The Labute approximate surface area is 88.7 Å². The molecule has 0 saturated heterocycles. The minimum atomic E-state index is 0.414. The van der Waals surface area contributed by atoms with Crippen LogP contribution >= 0.6 is 0 Å². The van der Waals surface area contributed by atoms with E-state index in [1.54, 1.807) is 4.68 Å². The number of nitrogens with zero attached hydrogens (tertiary/aromatic N) is 3. The maximum atomic E-state index is 5.64. The van der Waals surface area contributed by atoms with Crippen molar-refractivity contribution in [3.8, 4) is 11.3 Å². The van der Waals surface area contributed by atoms with Crippen LogP contribution in [0.25, 0.3) is 11.3 Å². The van der Waals surface area contributed by atoms with Crippen LogP contribution in [0.4, 0.5) is 0 Å². The number of aryl methyl sites for hydroxylation is 2. The van der Waals surface area contributed by atoms with Crippen LogP contribution < -0.4 is 5.73 Å². The first-order valence-corrected chi connectivity index (χ1v) is 4.88. The van der Waals surface area contributed by atoms with Crippen LogP contribution in [-0.4, -0.2) is 15.0 Å². The Kier molecular flexibility index (Phi) is 2.51. The van der Waals surface area contributed by atoms with Gasteiger partial charge in [0.25, 0.3) is 0 Å². The highest BCUT2D eigenvalue weighted by molar-refractivity contribution is 5.65. The number of hydrogen-bond donors (Lipinski definition) is 1. The summed E-state index contributed by atoms with van der Waals surface area (Å²) in [5.41, 5.74) is 9.84. The lowest BCUT2D eigenvalue weighted by Crippen LogP contribution is -2.01. The third-order valence-electron chi connectivity index (χ3n) is 2.49. The van der Waals surface area contributed by atoms with E-state index in [0.717, 1.165) is 17.0 Å². The second-order valence-corrected chi connectivity index (χ2v) is 3.53. The summed E-state index contributed by atoms with van der Waals surface area (Å²) in [6, 6.07) is 8.16. The highest BCUT2D eigenvalue weighted by atomic mass is 15.4. The number of hydrogen-bond acceptors (Lipinski definition) is 3. The van der Waals surface area contributed by atoms with Crippen LogP contribution in [0.2, 0.25) is 0 Å². The van der Waals surface area contributed by atoms with Gasteiger partial charge in [-0.25, -0.2) is 4.68 Å².